The lowest BCUT2D eigenvalue weighted by Gasteiger charge is -2.33. The number of rotatable bonds is 3. The molecule has 122 valence electrons. The van der Waals surface area contributed by atoms with E-state index in [1.807, 2.05) is 0 Å². The topological polar surface area (TPSA) is 0 Å². The molecule has 0 heterocycles. The summed E-state index contributed by atoms with van der Waals surface area (Å²) in [5, 5.41) is 0. The molecule has 0 saturated carbocycles. The fraction of sp³-hybridized carbons (Fsp3) is 0.120. The van der Waals surface area contributed by atoms with Crippen molar-refractivity contribution in [3.05, 3.63) is 120 Å². The summed E-state index contributed by atoms with van der Waals surface area (Å²) in [6.45, 7) is 2.35. The minimum Gasteiger partial charge on any atom is -0.0660 e. The van der Waals surface area contributed by atoms with E-state index in [9.17, 15) is 0 Å². The summed E-state index contributed by atoms with van der Waals surface area (Å²) in [6.07, 6.45) is 5.80. The molecule has 3 aromatic rings. The highest BCUT2D eigenvalue weighted by Crippen LogP contribution is 2.43. The first kappa shape index (κ1) is 15.7. The lowest BCUT2D eigenvalue weighted by Crippen LogP contribution is -2.22. The van der Waals surface area contributed by atoms with Crippen LogP contribution in [0.1, 0.15) is 30.0 Å². The second-order valence-electron chi connectivity index (χ2n) is 6.96. The third-order valence-electron chi connectivity index (χ3n) is 5.05. The zero-order chi connectivity index (χ0) is 17.1. The van der Waals surface area contributed by atoms with E-state index < -0.39 is 0 Å². The van der Waals surface area contributed by atoms with Gasteiger partial charge in [0.1, 0.15) is 0 Å². The van der Waals surface area contributed by atoms with Crippen LogP contribution in [-0.4, -0.2) is 0 Å². The lowest BCUT2D eigenvalue weighted by atomic mass is 9.71. The number of allylic oxidation sites excluding steroid dienone is 4. The minimum atomic E-state index is -0.00758. The van der Waals surface area contributed by atoms with Crippen molar-refractivity contribution in [3.8, 4) is 0 Å². The zero-order valence-corrected chi connectivity index (χ0v) is 14.5. The number of hydrogen-bond acceptors (Lipinski definition) is 0. The summed E-state index contributed by atoms with van der Waals surface area (Å²) < 4.78 is 0. The predicted molar refractivity (Wildman–Crippen MR) is 107 cm³/mol. The molecule has 0 aliphatic heterocycles. The SMILES string of the molecule is CC1(c2ccccc2)C=C(c2ccccc2)C=C(c2ccccc2)C1. The van der Waals surface area contributed by atoms with Crippen molar-refractivity contribution < 1.29 is 0 Å². The van der Waals surface area contributed by atoms with Crippen molar-refractivity contribution in [2.75, 3.05) is 0 Å². The van der Waals surface area contributed by atoms with Gasteiger partial charge in [-0.1, -0.05) is 110 Å². The summed E-state index contributed by atoms with van der Waals surface area (Å²) in [4.78, 5) is 0. The lowest BCUT2D eigenvalue weighted by molar-refractivity contribution is 0.611. The fourth-order valence-electron chi connectivity index (χ4n) is 3.71. The Labute approximate surface area is 150 Å². The molecule has 0 saturated heterocycles. The Balaban J connectivity index is 1.85. The molecule has 0 aromatic heterocycles. The molecule has 0 bridgehead atoms. The molecule has 1 atom stereocenters. The van der Waals surface area contributed by atoms with Crippen LogP contribution in [0.25, 0.3) is 11.1 Å². The van der Waals surface area contributed by atoms with Gasteiger partial charge in [-0.15, -0.1) is 0 Å². The van der Waals surface area contributed by atoms with Crippen molar-refractivity contribution >= 4 is 11.1 Å². The standard InChI is InChI=1S/C25H22/c1-25(24-15-9-4-10-16-24)18-22(20-11-5-2-6-12-20)17-23(19-25)21-13-7-3-8-14-21/h2-18H,19H2,1H3. The van der Waals surface area contributed by atoms with Gasteiger partial charge >= 0.3 is 0 Å². The number of hydrogen-bond donors (Lipinski definition) is 0. The fourth-order valence-corrected chi connectivity index (χ4v) is 3.71. The van der Waals surface area contributed by atoms with E-state index in [1.165, 1.54) is 27.8 Å². The van der Waals surface area contributed by atoms with Crippen LogP contribution in [0.15, 0.2) is 103 Å². The summed E-state index contributed by atoms with van der Waals surface area (Å²) >= 11 is 0. The Bertz CT molecular complexity index is 902. The van der Waals surface area contributed by atoms with Crippen LogP contribution in [0.3, 0.4) is 0 Å². The molecule has 0 heteroatoms. The Morgan fingerprint density at radius 3 is 1.76 bits per heavy atom. The zero-order valence-electron chi connectivity index (χ0n) is 14.5. The van der Waals surface area contributed by atoms with E-state index in [1.54, 1.807) is 0 Å². The van der Waals surface area contributed by atoms with Gasteiger partial charge in [-0.05, 0) is 34.3 Å². The highest BCUT2D eigenvalue weighted by Gasteiger charge is 2.29. The number of benzene rings is 3. The Kier molecular flexibility index (Phi) is 4.11. The molecule has 0 fully saturated rings. The average molecular weight is 322 g/mol. The molecular weight excluding hydrogens is 300 g/mol. The van der Waals surface area contributed by atoms with Crippen molar-refractivity contribution in [2.45, 2.75) is 18.8 Å². The van der Waals surface area contributed by atoms with Crippen LogP contribution >= 0.6 is 0 Å². The monoisotopic (exact) mass is 322 g/mol. The quantitative estimate of drug-likeness (QED) is 0.515. The molecule has 0 radical (unpaired) electrons. The second kappa shape index (κ2) is 6.57. The molecule has 0 nitrogen and oxygen atoms in total. The van der Waals surface area contributed by atoms with Crippen molar-refractivity contribution in [1.29, 1.82) is 0 Å². The van der Waals surface area contributed by atoms with Gasteiger partial charge in [0.2, 0.25) is 0 Å². The summed E-state index contributed by atoms with van der Waals surface area (Å²) in [5.41, 5.74) is 6.64. The van der Waals surface area contributed by atoms with Gasteiger partial charge in [0.15, 0.2) is 0 Å². The normalized spacial score (nSPS) is 19.9. The highest BCUT2D eigenvalue weighted by atomic mass is 14.3. The van der Waals surface area contributed by atoms with Gasteiger partial charge in [0.25, 0.3) is 0 Å². The average Bonchev–Trinajstić information content (AvgIpc) is 2.70. The van der Waals surface area contributed by atoms with E-state index in [-0.39, 0.29) is 5.41 Å². The Morgan fingerprint density at radius 1 is 0.640 bits per heavy atom. The van der Waals surface area contributed by atoms with Gasteiger partial charge < -0.3 is 0 Å². The molecule has 0 amide bonds. The largest absolute Gasteiger partial charge is 0.0660 e. The summed E-state index contributed by atoms with van der Waals surface area (Å²) in [5.74, 6) is 0. The van der Waals surface area contributed by atoms with E-state index in [0.29, 0.717) is 0 Å². The van der Waals surface area contributed by atoms with Crippen LogP contribution in [0.2, 0.25) is 0 Å². The molecule has 1 unspecified atom stereocenters. The van der Waals surface area contributed by atoms with Crippen LogP contribution in [0.5, 0.6) is 0 Å². The molecule has 1 aliphatic rings. The van der Waals surface area contributed by atoms with Gasteiger partial charge in [-0.3, -0.25) is 0 Å². The Morgan fingerprint density at radius 2 is 1.16 bits per heavy atom. The van der Waals surface area contributed by atoms with Crippen molar-refractivity contribution in [2.24, 2.45) is 0 Å². The van der Waals surface area contributed by atoms with Crippen molar-refractivity contribution in [3.63, 3.8) is 0 Å². The predicted octanol–water partition coefficient (Wildman–Crippen LogP) is 6.52. The van der Waals surface area contributed by atoms with Gasteiger partial charge in [0, 0.05) is 5.41 Å². The minimum absolute atomic E-state index is 0.00758. The first-order valence-electron chi connectivity index (χ1n) is 8.84. The van der Waals surface area contributed by atoms with E-state index >= 15 is 0 Å². The van der Waals surface area contributed by atoms with Crippen LogP contribution in [0, 0.1) is 0 Å². The molecular formula is C25H22. The van der Waals surface area contributed by atoms with E-state index in [4.69, 9.17) is 0 Å². The molecule has 0 spiro atoms. The maximum atomic E-state index is 2.43. The van der Waals surface area contributed by atoms with Crippen molar-refractivity contribution in [1.82, 2.24) is 0 Å². The molecule has 4 rings (SSSR count). The third-order valence-corrected chi connectivity index (χ3v) is 5.05. The van der Waals surface area contributed by atoms with Gasteiger partial charge in [-0.25, -0.2) is 0 Å². The summed E-state index contributed by atoms with van der Waals surface area (Å²) in [6, 6.07) is 32.3. The van der Waals surface area contributed by atoms with E-state index in [2.05, 4.69) is 110 Å². The first-order valence-corrected chi connectivity index (χ1v) is 8.84. The van der Waals surface area contributed by atoms with Gasteiger partial charge in [-0.2, -0.15) is 0 Å². The third kappa shape index (κ3) is 3.21. The van der Waals surface area contributed by atoms with Crippen LogP contribution < -0.4 is 0 Å². The Hall–Kier alpha value is -2.86. The van der Waals surface area contributed by atoms with Gasteiger partial charge in [0.05, 0.1) is 0 Å². The highest BCUT2D eigenvalue weighted by molar-refractivity contribution is 5.87. The molecule has 1 aliphatic carbocycles. The maximum absolute atomic E-state index is 2.43. The van der Waals surface area contributed by atoms with E-state index in [0.717, 1.165) is 6.42 Å². The smallest absolute Gasteiger partial charge is 0.0153 e. The molecule has 0 N–H and O–H groups in total. The molecule has 25 heavy (non-hydrogen) atoms. The van der Waals surface area contributed by atoms with Crippen LogP contribution in [-0.2, 0) is 5.41 Å². The molecule has 3 aromatic carbocycles. The second-order valence-corrected chi connectivity index (χ2v) is 6.96. The summed E-state index contributed by atoms with van der Waals surface area (Å²) in [7, 11) is 0. The maximum Gasteiger partial charge on any atom is 0.0153 e. The first-order chi connectivity index (χ1) is 12.2. The van der Waals surface area contributed by atoms with Crippen LogP contribution in [0.4, 0.5) is 0 Å².